The van der Waals surface area contributed by atoms with E-state index in [-0.39, 0.29) is 5.56 Å². The van der Waals surface area contributed by atoms with Gasteiger partial charge in [-0.05, 0) is 84.9 Å². The second-order valence-electron chi connectivity index (χ2n) is 8.32. The fraction of sp³-hybridized carbons (Fsp3) is 0. The molecular formula is C36H21FO4. The maximum Gasteiger partial charge on any atom is 0.335 e. The van der Waals surface area contributed by atoms with Crippen LogP contribution in [0.25, 0.3) is 0 Å². The second-order valence-corrected chi connectivity index (χ2v) is 8.32. The number of hydrogen-bond acceptors (Lipinski definition) is 4. The zero-order chi connectivity index (χ0) is 29.0. The highest BCUT2D eigenvalue weighted by molar-refractivity contribution is 5.83. The van der Waals surface area contributed by atoms with Crippen molar-refractivity contribution in [2.75, 3.05) is 0 Å². The summed E-state index contributed by atoms with van der Waals surface area (Å²) >= 11 is 0. The van der Waals surface area contributed by atoms with E-state index in [2.05, 4.69) is 48.7 Å². The first-order chi connectivity index (χ1) is 19.9. The molecule has 0 radical (unpaired) electrons. The van der Waals surface area contributed by atoms with E-state index in [1.54, 1.807) is 54.6 Å². The summed E-state index contributed by atoms with van der Waals surface area (Å²) in [5.74, 6) is 17.0. The van der Waals surface area contributed by atoms with Crippen molar-refractivity contribution < 1.29 is 23.5 Å². The van der Waals surface area contributed by atoms with Crippen molar-refractivity contribution in [3.8, 4) is 47.0 Å². The highest BCUT2D eigenvalue weighted by atomic mass is 19.1. The summed E-state index contributed by atoms with van der Waals surface area (Å²) < 4.78 is 24.8. The molecule has 0 aromatic heterocycles. The van der Waals surface area contributed by atoms with Crippen molar-refractivity contribution in [3.63, 3.8) is 0 Å². The Labute approximate surface area is 237 Å². The minimum absolute atomic E-state index is 0.241. The van der Waals surface area contributed by atoms with Crippen molar-refractivity contribution in [1.29, 1.82) is 0 Å². The normalized spacial score (nSPS) is 9.39. The predicted molar refractivity (Wildman–Crippen MR) is 155 cm³/mol. The number of rotatable bonds is 4. The summed E-state index contributed by atoms with van der Waals surface area (Å²) in [4.78, 5) is 22.6. The molecule has 0 atom stereocenters. The summed E-state index contributed by atoms with van der Waals surface area (Å²) in [5, 5.41) is 0. The topological polar surface area (TPSA) is 52.6 Å². The van der Waals surface area contributed by atoms with Gasteiger partial charge in [0.15, 0.2) is 0 Å². The van der Waals surface area contributed by atoms with Gasteiger partial charge in [-0.15, -0.1) is 0 Å². The van der Waals surface area contributed by atoms with E-state index in [9.17, 15) is 14.0 Å². The highest BCUT2D eigenvalue weighted by Crippen LogP contribution is 2.15. The summed E-state index contributed by atoms with van der Waals surface area (Å²) in [6.45, 7) is 6.73. The molecule has 0 amide bonds. The van der Waals surface area contributed by atoms with E-state index >= 15 is 0 Å². The summed E-state index contributed by atoms with van der Waals surface area (Å²) in [7, 11) is 0. The zero-order valence-electron chi connectivity index (χ0n) is 21.7. The van der Waals surface area contributed by atoms with E-state index in [1.165, 1.54) is 6.07 Å². The van der Waals surface area contributed by atoms with Crippen LogP contribution in [0.1, 0.15) is 33.4 Å². The molecule has 0 saturated heterocycles. The summed E-state index contributed by atoms with van der Waals surface area (Å²) in [6, 6.07) is 25.4. The molecule has 4 rings (SSSR count). The van der Waals surface area contributed by atoms with Crippen molar-refractivity contribution in [2.24, 2.45) is 0 Å². The third-order valence-electron chi connectivity index (χ3n) is 5.36. The molecule has 0 N–H and O–H groups in total. The monoisotopic (exact) mass is 536 g/mol. The Bertz CT molecular complexity index is 1810. The molecular weight excluding hydrogens is 515 g/mol. The first-order valence-corrected chi connectivity index (χ1v) is 12.3. The molecule has 0 bridgehead atoms. The summed E-state index contributed by atoms with van der Waals surface area (Å²) in [5.41, 5.74) is 3.63. The van der Waals surface area contributed by atoms with Crippen LogP contribution in [0.4, 0.5) is 4.39 Å². The second kappa shape index (κ2) is 13.6. The molecule has 0 aliphatic heterocycles. The minimum Gasteiger partial charge on any atom is -0.423 e. The van der Waals surface area contributed by atoms with Gasteiger partial charge in [0.05, 0.1) is 5.56 Å². The molecule has 0 unspecified atom stereocenters. The maximum atomic E-state index is 14.6. The number of halogens is 1. The standard InChI is InChI=1S/C36H21FO4/c1-3-35(38)40-32-22-18-28(19-23-32)16-20-31-21-17-30(25-34(31)37)15-13-27-10-8-26(9-11-27)12-14-29-6-5-7-33(24-29)41-36(39)4-2/h3-11,17-19,21-25H,1-2H2. The Morgan fingerprint density at radius 1 is 0.561 bits per heavy atom. The first kappa shape index (κ1) is 27.9. The maximum absolute atomic E-state index is 14.6. The van der Waals surface area contributed by atoms with Crippen molar-refractivity contribution >= 4 is 11.9 Å². The molecule has 0 spiro atoms. The molecule has 4 nitrogen and oxygen atoms in total. The molecule has 0 aliphatic carbocycles. The van der Waals surface area contributed by atoms with E-state index < -0.39 is 17.8 Å². The Balaban J connectivity index is 1.39. The Hall–Kier alpha value is -6.09. The molecule has 0 heterocycles. The Kier molecular flexibility index (Phi) is 9.29. The van der Waals surface area contributed by atoms with E-state index in [0.717, 1.165) is 23.3 Å². The lowest BCUT2D eigenvalue weighted by molar-refractivity contribution is -0.129. The van der Waals surface area contributed by atoms with Gasteiger partial charge in [0.2, 0.25) is 0 Å². The zero-order valence-corrected chi connectivity index (χ0v) is 21.7. The van der Waals surface area contributed by atoms with Crippen LogP contribution in [0.15, 0.2) is 116 Å². The lowest BCUT2D eigenvalue weighted by Crippen LogP contribution is -2.02. The SMILES string of the molecule is C=CC(=O)Oc1ccc(C#Cc2ccc(C#Cc3ccc(C#Cc4cccc(OC(=O)C=C)c4)cc3)cc2F)cc1. The fourth-order valence-electron chi connectivity index (χ4n) is 3.32. The quantitative estimate of drug-likeness (QED) is 0.135. The molecule has 0 saturated carbocycles. The third-order valence-corrected chi connectivity index (χ3v) is 5.36. The lowest BCUT2D eigenvalue weighted by atomic mass is 10.1. The first-order valence-electron chi connectivity index (χ1n) is 12.3. The van der Waals surface area contributed by atoms with E-state index in [4.69, 9.17) is 9.47 Å². The van der Waals surface area contributed by atoms with Gasteiger partial charge in [0, 0.05) is 40.0 Å². The Morgan fingerprint density at radius 3 is 1.59 bits per heavy atom. The number of ether oxygens (including phenoxy) is 2. The van der Waals surface area contributed by atoms with Crippen molar-refractivity contribution in [3.05, 3.63) is 156 Å². The van der Waals surface area contributed by atoms with E-state index in [0.29, 0.717) is 28.2 Å². The smallest absolute Gasteiger partial charge is 0.335 e. The highest BCUT2D eigenvalue weighted by Gasteiger charge is 2.02. The molecule has 41 heavy (non-hydrogen) atoms. The molecule has 196 valence electrons. The largest absolute Gasteiger partial charge is 0.423 e. The molecule has 4 aromatic carbocycles. The van der Waals surface area contributed by atoms with E-state index in [1.807, 2.05) is 30.3 Å². The number of carbonyl (C=O) groups excluding carboxylic acids is 2. The number of hydrogen-bond donors (Lipinski definition) is 0. The van der Waals surface area contributed by atoms with Crippen LogP contribution in [0.2, 0.25) is 0 Å². The Morgan fingerprint density at radius 2 is 1.02 bits per heavy atom. The van der Waals surface area contributed by atoms with Gasteiger partial charge in [0.25, 0.3) is 0 Å². The van der Waals surface area contributed by atoms with Gasteiger partial charge in [-0.1, -0.05) is 54.7 Å². The fourth-order valence-corrected chi connectivity index (χ4v) is 3.32. The number of carbonyl (C=O) groups is 2. The molecule has 5 heteroatoms. The van der Waals surface area contributed by atoms with Gasteiger partial charge in [0.1, 0.15) is 17.3 Å². The summed E-state index contributed by atoms with van der Waals surface area (Å²) in [6.07, 6.45) is 2.18. The van der Waals surface area contributed by atoms with Gasteiger partial charge in [-0.3, -0.25) is 0 Å². The van der Waals surface area contributed by atoms with Crippen LogP contribution in [-0.2, 0) is 9.59 Å². The predicted octanol–water partition coefficient (Wildman–Crippen LogP) is 6.21. The number of esters is 2. The van der Waals surface area contributed by atoms with Crippen LogP contribution >= 0.6 is 0 Å². The van der Waals surface area contributed by atoms with Crippen LogP contribution in [0.5, 0.6) is 11.5 Å². The lowest BCUT2D eigenvalue weighted by Gasteiger charge is -2.00. The van der Waals surface area contributed by atoms with Crippen molar-refractivity contribution in [2.45, 2.75) is 0 Å². The van der Waals surface area contributed by atoms with Gasteiger partial charge < -0.3 is 9.47 Å². The third kappa shape index (κ3) is 8.45. The van der Waals surface area contributed by atoms with Crippen LogP contribution in [-0.4, -0.2) is 11.9 Å². The van der Waals surface area contributed by atoms with Crippen molar-refractivity contribution in [1.82, 2.24) is 0 Å². The molecule has 0 fully saturated rings. The van der Waals surface area contributed by atoms with Gasteiger partial charge >= 0.3 is 11.9 Å². The van der Waals surface area contributed by atoms with Crippen LogP contribution in [0, 0.1) is 41.3 Å². The van der Waals surface area contributed by atoms with Crippen LogP contribution in [0.3, 0.4) is 0 Å². The minimum atomic E-state index is -0.550. The number of benzene rings is 4. The average Bonchev–Trinajstić information content (AvgIpc) is 2.99. The van der Waals surface area contributed by atoms with Crippen LogP contribution < -0.4 is 9.47 Å². The molecule has 4 aromatic rings. The average molecular weight is 537 g/mol. The van der Waals surface area contributed by atoms with Gasteiger partial charge in [-0.25, -0.2) is 14.0 Å². The van der Waals surface area contributed by atoms with Gasteiger partial charge in [-0.2, -0.15) is 0 Å². The molecule has 0 aliphatic rings.